The van der Waals surface area contributed by atoms with Crippen molar-refractivity contribution in [3.63, 3.8) is 0 Å². The summed E-state index contributed by atoms with van der Waals surface area (Å²) in [6.07, 6.45) is 3.42. The second kappa shape index (κ2) is 10.5. The van der Waals surface area contributed by atoms with Gasteiger partial charge < -0.3 is 10.1 Å². The first-order valence-electron chi connectivity index (χ1n) is 11.2. The molecule has 1 N–H and O–H groups in total. The van der Waals surface area contributed by atoms with Crippen LogP contribution in [0.25, 0.3) is 10.2 Å². The quantitative estimate of drug-likeness (QED) is 0.255. The summed E-state index contributed by atoms with van der Waals surface area (Å²) in [4.78, 5) is 40.7. The average molecular weight is 505 g/mol. The molecule has 3 heterocycles. The van der Waals surface area contributed by atoms with Crippen molar-refractivity contribution in [1.29, 1.82) is 0 Å². The number of amides is 1. The SMILES string of the molecule is CCOC(=O)Cc1csc(NC(=O)CSc2nc(C(C)C)nc3sc4c(c23)CCC(C)C4)n1. The van der Waals surface area contributed by atoms with Crippen LogP contribution in [-0.4, -0.2) is 39.2 Å². The summed E-state index contributed by atoms with van der Waals surface area (Å²) < 4.78 is 4.95. The molecule has 0 fully saturated rings. The van der Waals surface area contributed by atoms with E-state index in [0.717, 1.165) is 33.9 Å². The van der Waals surface area contributed by atoms with Crippen molar-refractivity contribution < 1.29 is 14.3 Å². The number of ether oxygens (including phenoxy) is 1. The van der Waals surface area contributed by atoms with Crippen LogP contribution < -0.4 is 5.32 Å². The number of thiophene rings is 1. The number of esters is 1. The lowest BCUT2D eigenvalue weighted by Gasteiger charge is -2.18. The highest BCUT2D eigenvalue weighted by atomic mass is 32.2. The molecule has 0 saturated carbocycles. The Labute approximate surface area is 205 Å². The second-order valence-electron chi connectivity index (χ2n) is 8.54. The fraction of sp³-hybridized carbons (Fsp3) is 0.522. The number of hydrogen-bond donors (Lipinski definition) is 1. The number of fused-ring (bicyclic) bond motifs is 3. The number of thiazole rings is 1. The predicted molar refractivity (Wildman–Crippen MR) is 134 cm³/mol. The maximum absolute atomic E-state index is 12.6. The van der Waals surface area contributed by atoms with Crippen LogP contribution in [0, 0.1) is 5.92 Å². The summed E-state index contributed by atoms with van der Waals surface area (Å²) in [5, 5.41) is 7.12. The van der Waals surface area contributed by atoms with E-state index in [0.29, 0.717) is 23.4 Å². The maximum Gasteiger partial charge on any atom is 0.311 e. The van der Waals surface area contributed by atoms with Gasteiger partial charge in [-0.1, -0.05) is 32.5 Å². The third-order valence-electron chi connectivity index (χ3n) is 5.42. The zero-order valence-electron chi connectivity index (χ0n) is 19.3. The van der Waals surface area contributed by atoms with Gasteiger partial charge in [-0.2, -0.15) is 0 Å². The van der Waals surface area contributed by atoms with Gasteiger partial charge in [-0.3, -0.25) is 9.59 Å². The lowest BCUT2D eigenvalue weighted by molar-refractivity contribution is -0.142. The topological polar surface area (TPSA) is 94.1 Å². The van der Waals surface area contributed by atoms with E-state index in [2.05, 4.69) is 31.1 Å². The molecule has 3 aromatic rings. The Morgan fingerprint density at radius 3 is 2.88 bits per heavy atom. The van der Waals surface area contributed by atoms with E-state index in [1.54, 1.807) is 23.6 Å². The number of carbonyl (C=O) groups is 2. The third kappa shape index (κ3) is 5.73. The lowest BCUT2D eigenvalue weighted by Crippen LogP contribution is -2.14. The van der Waals surface area contributed by atoms with E-state index in [1.165, 1.54) is 40.0 Å². The van der Waals surface area contributed by atoms with Gasteiger partial charge in [0.1, 0.15) is 15.7 Å². The molecule has 1 unspecified atom stereocenters. The summed E-state index contributed by atoms with van der Waals surface area (Å²) in [5.74, 6) is 1.50. The molecular weight excluding hydrogens is 476 g/mol. The third-order valence-corrected chi connectivity index (χ3v) is 8.35. The van der Waals surface area contributed by atoms with Crippen LogP contribution in [0.3, 0.4) is 0 Å². The summed E-state index contributed by atoms with van der Waals surface area (Å²) in [6, 6.07) is 0. The molecule has 10 heteroatoms. The van der Waals surface area contributed by atoms with E-state index in [-0.39, 0.29) is 30.0 Å². The first-order valence-corrected chi connectivity index (χ1v) is 13.9. The molecule has 0 aliphatic heterocycles. The first-order chi connectivity index (χ1) is 15.8. The summed E-state index contributed by atoms with van der Waals surface area (Å²) in [6.45, 7) is 8.59. The predicted octanol–water partition coefficient (Wildman–Crippen LogP) is 5.23. The first kappa shape index (κ1) is 24.1. The molecule has 176 valence electrons. The number of nitrogens with one attached hydrogen (secondary N) is 1. The molecule has 1 amide bonds. The molecule has 1 atom stereocenters. The Hall–Kier alpha value is -2.04. The van der Waals surface area contributed by atoms with Gasteiger partial charge in [0.25, 0.3) is 0 Å². The molecule has 0 bridgehead atoms. The second-order valence-corrected chi connectivity index (χ2v) is 11.4. The van der Waals surface area contributed by atoms with Crippen molar-refractivity contribution in [3.05, 3.63) is 27.3 Å². The number of hydrogen-bond acceptors (Lipinski definition) is 9. The molecule has 7 nitrogen and oxygen atoms in total. The Morgan fingerprint density at radius 2 is 2.12 bits per heavy atom. The molecule has 1 aliphatic rings. The number of nitrogens with zero attached hydrogens (tertiary/aromatic N) is 3. The van der Waals surface area contributed by atoms with Gasteiger partial charge in [0.05, 0.1) is 24.5 Å². The molecule has 3 aromatic heterocycles. The standard InChI is InChI=1S/C23H28N4O3S3/c1-5-30-18(29)9-14-10-32-23(24-14)25-17(28)11-31-21-19-15-7-6-13(4)8-16(15)33-22(19)27-20(26-21)12(2)3/h10,12-13H,5-9,11H2,1-4H3,(H,24,25,28). The van der Waals surface area contributed by atoms with E-state index >= 15 is 0 Å². The Morgan fingerprint density at radius 1 is 1.30 bits per heavy atom. The lowest BCUT2D eigenvalue weighted by atomic mass is 9.89. The summed E-state index contributed by atoms with van der Waals surface area (Å²) in [5.41, 5.74) is 1.97. The van der Waals surface area contributed by atoms with Crippen molar-refractivity contribution >= 4 is 61.7 Å². The van der Waals surface area contributed by atoms with Crippen molar-refractivity contribution in [1.82, 2.24) is 15.0 Å². The highest BCUT2D eigenvalue weighted by Gasteiger charge is 2.25. The van der Waals surface area contributed by atoms with Gasteiger partial charge in [0.15, 0.2) is 5.13 Å². The molecule has 33 heavy (non-hydrogen) atoms. The van der Waals surface area contributed by atoms with E-state index in [1.807, 2.05) is 0 Å². The van der Waals surface area contributed by atoms with Crippen LogP contribution in [0.5, 0.6) is 0 Å². The molecule has 0 aromatic carbocycles. The monoisotopic (exact) mass is 504 g/mol. The Kier molecular flexibility index (Phi) is 7.65. The number of carbonyl (C=O) groups excluding carboxylic acids is 2. The molecular formula is C23H28N4O3S3. The fourth-order valence-electron chi connectivity index (χ4n) is 3.78. The fourth-order valence-corrected chi connectivity index (χ4v) is 6.83. The molecule has 1 aliphatic carbocycles. The number of aromatic nitrogens is 3. The van der Waals surface area contributed by atoms with Crippen LogP contribution in [0.1, 0.15) is 62.0 Å². The van der Waals surface area contributed by atoms with E-state index in [9.17, 15) is 9.59 Å². The maximum atomic E-state index is 12.6. The van der Waals surface area contributed by atoms with Crippen LogP contribution >= 0.6 is 34.4 Å². The molecule has 0 spiro atoms. The summed E-state index contributed by atoms with van der Waals surface area (Å²) in [7, 11) is 0. The van der Waals surface area contributed by atoms with Gasteiger partial charge in [-0.05, 0) is 37.7 Å². The van der Waals surface area contributed by atoms with Gasteiger partial charge in [-0.25, -0.2) is 15.0 Å². The number of anilines is 1. The van der Waals surface area contributed by atoms with Gasteiger partial charge in [-0.15, -0.1) is 22.7 Å². The van der Waals surface area contributed by atoms with Gasteiger partial charge in [0.2, 0.25) is 5.91 Å². The Bertz CT molecular complexity index is 1170. The highest BCUT2D eigenvalue weighted by Crippen LogP contribution is 2.41. The average Bonchev–Trinajstić information content (AvgIpc) is 3.35. The number of aryl methyl sites for hydroxylation is 1. The molecule has 0 saturated heterocycles. The van der Waals surface area contributed by atoms with Gasteiger partial charge in [0, 0.05) is 21.6 Å². The molecule has 4 rings (SSSR count). The minimum Gasteiger partial charge on any atom is -0.466 e. The van der Waals surface area contributed by atoms with E-state index in [4.69, 9.17) is 14.7 Å². The van der Waals surface area contributed by atoms with Crippen LogP contribution in [-0.2, 0) is 33.6 Å². The largest absolute Gasteiger partial charge is 0.466 e. The minimum atomic E-state index is -0.321. The minimum absolute atomic E-state index is 0.105. The number of thioether (sulfide) groups is 1. The van der Waals surface area contributed by atoms with Crippen LogP contribution in [0.4, 0.5) is 5.13 Å². The van der Waals surface area contributed by atoms with E-state index < -0.39 is 0 Å². The molecule has 0 radical (unpaired) electrons. The Balaban J connectivity index is 1.48. The van der Waals surface area contributed by atoms with Gasteiger partial charge >= 0.3 is 5.97 Å². The van der Waals surface area contributed by atoms with Crippen molar-refractivity contribution in [3.8, 4) is 0 Å². The van der Waals surface area contributed by atoms with Crippen molar-refractivity contribution in [2.75, 3.05) is 17.7 Å². The summed E-state index contributed by atoms with van der Waals surface area (Å²) >= 11 is 4.55. The number of rotatable bonds is 8. The zero-order valence-corrected chi connectivity index (χ0v) is 21.7. The normalized spacial score (nSPS) is 15.6. The van der Waals surface area contributed by atoms with Crippen LogP contribution in [0.15, 0.2) is 10.4 Å². The zero-order chi connectivity index (χ0) is 23.5. The van der Waals surface area contributed by atoms with Crippen molar-refractivity contribution in [2.45, 2.75) is 64.3 Å². The van der Waals surface area contributed by atoms with Crippen molar-refractivity contribution in [2.24, 2.45) is 5.92 Å². The van der Waals surface area contributed by atoms with Crippen LogP contribution in [0.2, 0.25) is 0 Å². The highest BCUT2D eigenvalue weighted by molar-refractivity contribution is 8.00. The smallest absolute Gasteiger partial charge is 0.311 e.